The molecule has 1 rings (SSSR count). The van der Waals surface area contributed by atoms with E-state index in [9.17, 15) is 0 Å². The van der Waals surface area contributed by atoms with Crippen molar-refractivity contribution >= 4 is 0 Å². The van der Waals surface area contributed by atoms with Gasteiger partial charge in [-0.2, -0.15) is 0 Å². The van der Waals surface area contributed by atoms with E-state index in [0.29, 0.717) is 0 Å². The molecule has 14 heavy (non-hydrogen) atoms. The number of rotatable bonds is 8. The van der Waals surface area contributed by atoms with Gasteiger partial charge in [-0.3, -0.25) is 0 Å². The zero-order valence-corrected chi connectivity index (χ0v) is 10.1. The molecule has 0 radical (unpaired) electrons. The summed E-state index contributed by atoms with van der Waals surface area (Å²) in [6, 6.07) is 0.859. The Balaban J connectivity index is 1.89. The topological polar surface area (TPSA) is 15.3 Å². The first-order valence-electron chi connectivity index (χ1n) is 6.14. The van der Waals surface area contributed by atoms with Crippen LogP contribution in [-0.4, -0.2) is 37.6 Å². The molecule has 1 fully saturated rings. The van der Waals surface area contributed by atoms with Gasteiger partial charge in [0, 0.05) is 19.1 Å². The van der Waals surface area contributed by atoms with E-state index in [1.54, 1.807) is 0 Å². The number of nitrogens with one attached hydrogen (secondary N) is 1. The summed E-state index contributed by atoms with van der Waals surface area (Å²) in [6.45, 7) is 8.24. The quantitative estimate of drug-likeness (QED) is 0.642. The van der Waals surface area contributed by atoms with Gasteiger partial charge in [0.15, 0.2) is 0 Å². The summed E-state index contributed by atoms with van der Waals surface area (Å²) < 4.78 is 0. The second-order valence-electron chi connectivity index (χ2n) is 4.83. The minimum Gasteiger partial charge on any atom is -0.313 e. The van der Waals surface area contributed by atoms with Crippen LogP contribution in [0.2, 0.25) is 0 Å². The van der Waals surface area contributed by atoms with Gasteiger partial charge < -0.3 is 10.2 Å². The highest BCUT2D eigenvalue weighted by atomic mass is 15.1. The van der Waals surface area contributed by atoms with Gasteiger partial charge >= 0.3 is 0 Å². The zero-order chi connectivity index (χ0) is 10.4. The van der Waals surface area contributed by atoms with Crippen LogP contribution in [0.3, 0.4) is 0 Å². The maximum Gasteiger partial charge on any atom is 0.0104 e. The monoisotopic (exact) mass is 198 g/mol. The van der Waals surface area contributed by atoms with Gasteiger partial charge in [0.2, 0.25) is 0 Å². The fourth-order valence-corrected chi connectivity index (χ4v) is 1.50. The van der Waals surface area contributed by atoms with Crippen molar-refractivity contribution in [3.63, 3.8) is 0 Å². The van der Waals surface area contributed by atoms with E-state index in [0.717, 1.165) is 12.0 Å². The first-order valence-corrected chi connectivity index (χ1v) is 6.14. The third-order valence-corrected chi connectivity index (χ3v) is 3.20. The summed E-state index contributed by atoms with van der Waals surface area (Å²) in [5, 5.41) is 3.55. The van der Waals surface area contributed by atoms with Gasteiger partial charge in [0.05, 0.1) is 0 Å². The molecule has 1 aliphatic carbocycles. The average Bonchev–Trinajstić information content (AvgIpc) is 2.98. The average molecular weight is 198 g/mol. The maximum atomic E-state index is 3.55. The summed E-state index contributed by atoms with van der Waals surface area (Å²) in [5.41, 5.74) is 0. The van der Waals surface area contributed by atoms with Crippen LogP contribution in [0.1, 0.15) is 39.5 Å². The van der Waals surface area contributed by atoms with Crippen LogP contribution in [-0.2, 0) is 0 Å². The van der Waals surface area contributed by atoms with Crippen LogP contribution in [0.25, 0.3) is 0 Å². The van der Waals surface area contributed by atoms with Crippen molar-refractivity contribution in [3.8, 4) is 0 Å². The maximum absolute atomic E-state index is 3.55. The molecule has 0 spiro atoms. The molecule has 2 nitrogen and oxygen atoms in total. The molecule has 0 aliphatic heterocycles. The molecular formula is C12H26N2. The third-order valence-electron chi connectivity index (χ3n) is 3.20. The molecule has 1 N–H and O–H groups in total. The van der Waals surface area contributed by atoms with Gasteiger partial charge in [-0.15, -0.1) is 0 Å². The lowest BCUT2D eigenvalue weighted by Gasteiger charge is -2.18. The molecule has 0 amide bonds. The Labute approximate surface area is 89.1 Å². The molecule has 0 aromatic heterocycles. The van der Waals surface area contributed by atoms with Crippen LogP contribution >= 0.6 is 0 Å². The molecule has 0 saturated heterocycles. The van der Waals surface area contributed by atoms with Crippen LogP contribution in [0.15, 0.2) is 0 Å². The van der Waals surface area contributed by atoms with Gasteiger partial charge in [0.1, 0.15) is 0 Å². The standard InChI is InChI=1S/C12H26N2/c1-4-11(2)7-9-14(3)10-8-13-12-5-6-12/h11-13H,4-10H2,1-3H3. The van der Waals surface area contributed by atoms with Gasteiger partial charge in [-0.1, -0.05) is 20.3 Å². The summed E-state index contributed by atoms with van der Waals surface area (Å²) in [4.78, 5) is 2.45. The van der Waals surface area contributed by atoms with Crippen molar-refractivity contribution in [2.75, 3.05) is 26.7 Å². The van der Waals surface area contributed by atoms with E-state index in [2.05, 4.69) is 31.1 Å². The molecule has 2 heteroatoms. The minimum atomic E-state index is 0.859. The molecule has 0 heterocycles. The first kappa shape index (κ1) is 12.0. The number of hydrogen-bond donors (Lipinski definition) is 1. The molecule has 0 bridgehead atoms. The second kappa shape index (κ2) is 6.41. The highest BCUT2D eigenvalue weighted by Gasteiger charge is 2.19. The highest BCUT2D eigenvalue weighted by molar-refractivity contribution is 4.80. The fraction of sp³-hybridized carbons (Fsp3) is 1.00. The first-order chi connectivity index (χ1) is 6.72. The van der Waals surface area contributed by atoms with Crippen molar-refractivity contribution in [3.05, 3.63) is 0 Å². The third kappa shape index (κ3) is 5.61. The molecular weight excluding hydrogens is 172 g/mol. The largest absolute Gasteiger partial charge is 0.313 e. The fourth-order valence-electron chi connectivity index (χ4n) is 1.50. The Kier molecular flexibility index (Phi) is 5.49. The molecule has 0 aromatic carbocycles. The predicted octanol–water partition coefficient (Wildman–Crippen LogP) is 2.11. The molecule has 1 aliphatic rings. The second-order valence-corrected chi connectivity index (χ2v) is 4.83. The van der Waals surface area contributed by atoms with Crippen molar-refractivity contribution in [1.29, 1.82) is 0 Å². The predicted molar refractivity (Wildman–Crippen MR) is 62.6 cm³/mol. The minimum absolute atomic E-state index is 0.859. The summed E-state index contributed by atoms with van der Waals surface area (Å²) in [6.07, 6.45) is 5.46. The van der Waals surface area contributed by atoms with Crippen molar-refractivity contribution in [1.82, 2.24) is 10.2 Å². The van der Waals surface area contributed by atoms with E-state index in [4.69, 9.17) is 0 Å². The van der Waals surface area contributed by atoms with Crippen LogP contribution in [0, 0.1) is 5.92 Å². The molecule has 1 unspecified atom stereocenters. The smallest absolute Gasteiger partial charge is 0.0104 e. The van der Waals surface area contributed by atoms with Crippen LogP contribution < -0.4 is 5.32 Å². The molecule has 0 aromatic rings. The molecule has 1 atom stereocenters. The lowest BCUT2D eigenvalue weighted by Crippen LogP contribution is -2.31. The number of likely N-dealkylation sites (N-methyl/N-ethyl adjacent to an activating group) is 1. The van der Waals surface area contributed by atoms with E-state index in [1.807, 2.05) is 0 Å². The SMILES string of the molecule is CCC(C)CCN(C)CCNC1CC1. The summed E-state index contributed by atoms with van der Waals surface area (Å²) in [7, 11) is 2.23. The number of nitrogens with zero attached hydrogens (tertiary/aromatic N) is 1. The molecule has 84 valence electrons. The Morgan fingerprint density at radius 3 is 2.64 bits per heavy atom. The van der Waals surface area contributed by atoms with Crippen molar-refractivity contribution in [2.45, 2.75) is 45.6 Å². The van der Waals surface area contributed by atoms with Crippen molar-refractivity contribution in [2.24, 2.45) is 5.92 Å². The van der Waals surface area contributed by atoms with Gasteiger partial charge in [-0.25, -0.2) is 0 Å². The van der Waals surface area contributed by atoms with Gasteiger partial charge in [0.25, 0.3) is 0 Å². The summed E-state index contributed by atoms with van der Waals surface area (Å²) >= 11 is 0. The Morgan fingerprint density at radius 1 is 1.36 bits per heavy atom. The highest BCUT2D eigenvalue weighted by Crippen LogP contribution is 2.17. The number of hydrogen-bond acceptors (Lipinski definition) is 2. The van der Waals surface area contributed by atoms with Crippen LogP contribution in [0.4, 0.5) is 0 Å². The van der Waals surface area contributed by atoms with Gasteiger partial charge in [-0.05, 0) is 38.8 Å². The van der Waals surface area contributed by atoms with E-state index < -0.39 is 0 Å². The molecule has 1 saturated carbocycles. The van der Waals surface area contributed by atoms with E-state index in [1.165, 1.54) is 45.3 Å². The van der Waals surface area contributed by atoms with E-state index >= 15 is 0 Å². The van der Waals surface area contributed by atoms with Crippen molar-refractivity contribution < 1.29 is 0 Å². The summed E-state index contributed by atoms with van der Waals surface area (Å²) in [5.74, 6) is 0.883. The Bertz CT molecular complexity index is 143. The lowest BCUT2D eigenvalue weighted by atomic mass is 10.1. The Morgan fingerprint density at radius 2 is 2.07 bits per heavy atom. The lowest BCUT2D eigenvalue weighted by molar-refractivity contribution is 0.301. The van der Waals surface area contributed by atoms with E-state index in [-0.39, 0.29) is 0 Å². The Hall–Kier alpha value is -0.0800. The normalized spacial score (nSPS) is 18.9. The van der Waals surface area contributed by atoms with Crippen LogP contribution in [0.5, 0.6) is 0 Å². The zero-order valence-electron chi connectivity index (χ0n) is 10.1.